The van der Waals surface area contributed by atoms with E-state index in [2.05, 4.69) is 29.9 Å². The van der Waals surface area contributed by atoms with Crippen molar-refractivity contribution in [2.45, 2.75) is 85.6 Å². The number of aromatic nitrogens is 3. The third-order valence-electron chi connectivity index (χ3n) is 6.29. The van der Waals surface area contributed by atoms with Gasteiger partial charge < -0.3 is 10.1 Å². The van der Waals surface area contributed by atoms with Crippen LogP contribution < -0.4 is 5.73 Å². The van der Waals surface area contributed by atoms with E-state index in [4.69, 9.17) is 5.73 Å². The molecule has 0 amide bonds. The van der Waals surface area contributed by atoms with Crippen LogP contribution in [0.1, 0.15) is 83.8 Å². The third-order valence-corrected chi connectivity index (χ3v) is 6.29. The molecule has 5 rings (SSSR count). The molecule has 1 aromatic carbocycles. The van der Waals surface area contributed by atoms with Crippen LogP contribution >= 0.6 is 0 Å². The van der Waals surface area contributed by atoms with Crippen LogP contribution in [-0.4, -0.2) is 14.4 Å². The van der Waals surface area contributed by atoms with Gasteiger partial charge in [0, 0.05) is 48.3 Å². The number of nitrogens with zero attached hydrogens (tertiary/aromatic N) is 3. The fourth-order valence-electron chi connectivity index (χ4n) is 4.47. The molecule has 1 aliphatic carbocycles. The molecular formula is C30H43FN4. The highest BCUT2D eigenvalue weighted by atomic mass is 19.1. The molecule has 1 fully saturated rings. The maximum absolute atomic E-state index is 13.2. The Balaban J connectivity index is 0.000000182. The monoisotopic (exact) mass is 478 g/mol. The van der Waals surface area contributed by atoms with E-state index >= 15 is 0 Å². The Morgan fingerprint density at radius 3 is 2.40 bits per heavy atom. The number of fused-ring (bicyclic) bond motifs is 2. The van der Waals surface area contributed by atoms with Crippen LogP contribution in [-0.2, 0) is 13.0 Å². The van der Waals surface area contributed by atoms with Crippen LogP contribution in [0, 0.1) is 11.7 Å². The first kappa shape index (κ1) is 28.4. The van der Waals surface area contributed by atoms with Crippen molar-refractivity contribution in [3.8, 4) is 0 Å². The number of benzene rings is 1. The number of hydrogen-bond acceptors (Lipinski definition) is 3. The van der Waals surface area contributed by atoms with Crippen LogP contribution in [0.3, 0.4) is 0 Å². The summed E-state index contributed by atoms with van der Waals surface area (Å²) in [5.74, 6) is 0.817. The van der Waals surface area contributed by atoms with E-state index in [1.54, 1.807) is 12.3 Å². The van der Waals surface area contributed by atoms with Crippen LogP contribution in [0.15, 0.2) is 61.2 Å². The van der Waals surface area contributed by atoms with E-state index < -0.39 is 0 Å². The summed E-state index contributed by atoms with van der Waals surface area (Å²) in [6.45, 7) is 8.66. The predicted octanol–water partition coefficient (Wildman–Crippen LogP) is 8.12. The highest BCUT2D eigenvalue weighted by Crippen LogP contribution is 2.26. The standard InChI is InChI=1S/C10H9FN2.C9H10N2.C9H18.C2H6/c11-9-5-10-7(2-1-3-13-10)4-8(9)6-12;1-2-8-4-3-6-11-7-5-10-9(8)11;1-2-6-9-7-4-3-5-8-9;1-2/h1-5H,6,12H2;3-7H,2H2,1H3;9H,2-8H2,1H3;1-2H3. The number of imidazole rings is 1. The Kier molecular flexibility index (Phi) is 13.0. The number of rotatable bonds is 4. The molecule has 0 saturated heterocycles. The Hall–Kier alpha value is -2.79. The van der Waals surface area contributed by atoms with Gasteiger partial charge in [0.15, 0.2) is 0 Å². The van der Waals surface area contributed by atoms with Crippen molar-refractivity contribution in [1.82, 2.24) is 14.4 Å². The first-order valence-electron chi connectivity index (χ1n) is 13.3. The van der Waals surface area contributed by atoms with Gasteiger partial charge in [0.25, 0.3) is 0 Å². The van der Waals surface area contributed by atoms with Gasteiger partial charge in [-0.15, -0.1) is 0 Å². The highest BCUT2D eigenvalue weighted by Gasteiger charge is 2.11. The number of pyridine rings is 2. The minimum absolute atomic E-state index is 0.219. The second kappa shape index (κ2) is 16.0. The molecule has 0 bridgehead atoms. The van der Waals surface area contributed by atoms with E-state index in [1.807, 2.05) is 55.0 Å². The van der Waals surface area contributed by atoms with Gasteiger partial charge in [-0.1, -0.05) is 84.8 Å². The van der Waals surface area contributed by atoms with Crippen molar-refractivity contribution in [2.75, 3.05) is 0 Å². The molecule has 2 N–H and O–H groups in total. The Morgan fingerprint density at radius 2 is 1.71 bits per heavy atom. The second-order valence-corrected chi connectivity index (χ2v) is 8.68. The molecule has 4 nitrogen and oxygen atoms in total. The molecule has 0 radical (unpaired) electrons. The largest absolute Gasteiger partial charge is 0.326 e. The first-order chi connectivity index (χ1) is 17.2. The quantitative estimate of drug-likeness (QED) is 0.322. The lowest BCUT2D eigenvalue weighted by Gasteiger charge is -2.20. The van der Waals surface area contributed by atoms with E-state index in [9.17, 15) is 4.39 Å². The van der Waals surface area contributed by atoms with Crippen molar-refractivity contribution in [3.63, 3.8) is 0 Å². The summed E-state index contributed by atoms with van der Waals surface area (Å²) in [6.07, 6.45) is 18.9. The molecular weight excluding hydrogens is 435 g/mol. The molecule has 5 heteroatoms. The maximum atomic E-state index is 13.2. The number of halogens is 1. The predicted molar refractivity (Wildman–Crippen MR) is 147 cm³/mol. The Morgan fingerprint density at radius 1 is 0.943 bits per heavy atom. The Bertz CT molecular complexity index is 1110. The zero-order valence-electron chi connectivity index (χ0n) is 22.0. The summed E-state index contributed by atoms with van der Waals surface area (Å²) >= 11 is 0. The van der Waals surface area contributed by atoms with Crippen molar-refractivity contribution in [1.29, 1.82) is 0 Å². The van der Waals surface area contributed by atoms with Crippen molar-refractivity contribution >= 4 is 16.6 Å². The summed E-state index contributed by atoms with van der Waals surface area (Å²) in [5.41, 5.74) is 8.96. The molecule has 4 aromatic rings. The third kappa shape index (κ3) is 8.74. The summed E-state index contributed by atoms with van der Waals surface area (Å²) in [6, 6.07) is 11.0. The van der Waals surface area contributed by atoms with E-state index in [0.717, 1.165) is 23.4 Å². The average Bonchev–Trinajstić information content (AvgIpc) is 3.40. The van der Waals surface area contributed by atoms with Crippen molar-refractivity contribution in [2.24, 2.45) is 11.7 Å². The summed E-state index contributed by atoms with van der Waals surface area (Å²) in [5, 5.41) is 0.921. The van der Waals surface area contributed by atoms with Crippen LogP contribution in [0.2, 0.25) is 0 Å². The smallest absolute Gasteiger partial charge is 0.139 e. The van der Waals surface area contributed by atoms with Gasteiger partial charge in [-0.2, -0.15) is 0 Å². The minimum atomic E-state index is -0.284. The second-order valence-electron chi connectivity index (χ2n) is 8.68. The summed E-state index contributed by atoms with van der Waals surface area (Å²) in [7, 11) is 0. The molecule has 0 unspecified atom stereocenters. The summed E-state index contributed by atoms with van der Waals surface area (Å²) < 4.78 is 15.2. The van der Waals surface area contributed by atoms with Gasteiger partial charge in [-0.3, -0.25) is 4.98 Å². The average molecular weight is 479 g/mol. The highest BCUT2D eigenvalue weighted by molar-refractivity contribution is 5.79. The molecule has 0 atom stereocenters. The molecule has 0 aliphatic heterocycles. The normalized spacial score (nSPS) is 13.2. The maximum Gasteiger partial charge on any atom is 0.139 e. The molecule has 0 spiro atoms. The lowest BCUT2D eigenvalue weighted by molar-refractivity contribution is 0.336. The van der Waals surface area contributed by atoms with E-state index in [-0.39, 0.29) is 12.4 Å². The van der Waals surface area contributed by atoms with E-state index in [0.29, 0.717) is 11.1 Å². The zero-order valence-corrected chi connectivity index (χ0v) is 22.0. The van der Waals surface area contributed by atoms with Gasteiger partial charge in [0.05, 0.1) is 5.52 Å². The van der Waals surface area contributed by atoms with Gasteiger partial charge in [-0.25, -0.2) is 9.37 Å². The molecule has 190 valence electrons. The number of nitrogens with two attached hydrogens (primary N) is 1. The van der Waals surface area contributed by atoms with Gasteiger partial charge in [0.2, 0.25) is 0 Å². The lowest BCUT2D eigenvalue weighted by Crippen LogP contribution is -2.04. The molecule has 3 aromatic heterocycles. The number of hydrogen-bond donors (Lipinski definition) is 1. The van der Waals surface area contributed by atoms with E-state index in [1.165, 1.54) is 56.6 Å². The summed E-state index contributed by atoms with van der Waals surface area (Å²) in [4.78, 5) is 8.29. The molecule has 3 heterocycles. The first-order valence-corrected chi connectivity index (χ1v) is 13.3. The fourth-order valence-corrected chi connectivity index (χ4v) is 4.47. The van der Waals surface area contributed by atoms with Crippen molar-refractivity contribution in [3.05, 3.63) is 78.1 Å². The Labute approximate surface area is 210 Å². The topological polar surface area (TPSA) is 56.2 Å². The van der Waals surface area contributed by atoms with Gasteiger partial charge in [0.1, 0.15) is 11.5 Å². The lowest BCUT2D eigenvalue weighted by atomic mass is 9.86. The van der Waals surface area contributed by atoms with Crippen molar-refractivity contribution < 1.29 is 4.39 Å². The molecule has 1 saturated carbocycles. The molecule has 1 aliphatic rings. The number of aryl methyl sites for hydroxylation is 1. The van der Waals surface area contributed by atoms with Crippen LogP contribution in [0.25, 0.3) is 16.6 Å². The van der Waals surface area contributed by atoms with Crippen LogP contribution in [0.5, 0.6) is 0 Å². The fraction of sp³-hybridized carbons (Fsp3) is 0.467. The molecule has 35 heavy (non-hydrogen) atoms. The van der Waals surface area contributed by atoms with Gasteiger partial charge >= 0.3 is 0 Å². The SMILES string of the molecule is CC.CCCC1CCCCC1.CCc1cccn2ccnc12.NCc1cc2cccnc2cc1F. The minimum Gasteiger partial charge on any atom is -0.326 e. The van der Waals surface area contributed by atoms with Crippen LogP contribution in [0.4, 0.5) is 4.39 Å². The zero-order chi connectivity index (χ0) is 25.5. The van der Waals surface area contributed by atoms with Gasteiger partial charge in [-0.05, 0) is 36.1 Å².